The zero-order valence-corrected chi connectivity index (χ0v) is 13.1. The van der Waals surface area contributed by atoms with Crippen LogP contribution in [0.4, 0.5) is 0 Å². The van der Waals surface area contributed by atoms with Gasteiger partial charge in [0.15, 0.2) is 0 Å². The van der Waals surface area contributed by atoms with Crippen molar-refractivity contribution in [2.45, 2.75) is 38.2 Å². The Hall–Kier alpha value is -0.910. The third-order valence-corrected chi connectivity index (χ3v) is 6.14. The van der Waals surface area contributed by atoms with E-state index >= 15 is 0 Å². The van der Waals surface area contributed by atoms with Gasteiger partial charge in [0.2, 0.25) is 10.0 Å². The molecule has 0 bridgehead atoms. The van der Waals surface area contributed by atoms with Crippen molar-refractivity contribution in [1.29, 1.82) is 0 Å². The lowest BCUT2D eigenvalue weighted by molar-refractivity contribution is 0.199. The van der Waals surface area contributed by atoms with E-state index in [9.17, 15) is 13.5 Å². The molecule has 0 amide bonds. The number of rotatable bonds is 3. The van der Waals surface area contributed by atoms with E-state index in [2.05, 4.69) is 13.8 Å². The smallest absolute Gasteiger partial charge is 0.243 e. The van der Waals surface area contributed by atoms with Gasteiger partial charge >= 0.3 is 0 Å². The number of hydrogen-bond acceptors (Lipinski definition) is 3. The number of aliphatic hydroxyl groups excluding tert-OH is 1. The minimum Gasteiger partial charge on any atom is -0.389 e. The molecule has 2 rings (SSSR count). The summed E-state index contributed by atoms with van der Waals surface area (Å²) in [6.45, 7) is 7.05. The molecule has 5 heteroatoms. The molecule has 1 N–H and O–H groups in total. The summed E-state index contributed by atoms with van der Waals surface area (Å²) in [7, 11) is -3.45. The second-order valence-corrected chi connectivity index (χ2v) is 7.79. The molecule has 3 atom stereocenters. The molecular formula is C15H23NO3S. The lowest BCUT2D eigenvalue weighted by Gasteiger charge is -2.34. The minimum absolute atomic E-state index is 0.276. The van der Waals surface area contributed by atoms with Crippen LogP contribution in [0.2, 0.25) is 0 Å². The molecule has 1 aliphatic rings. The molecule has 1 aliphatic heterocycles. The molecule has 0 radical (unpaired) electrons. The summed E-state index contributed by atoms with van der Waals surface area (Å²) < 4.78 is 26.9. The highest BCUT2D eigenvalue weighted by Crippen LogP contribution is 2.28. The van der Waals surface area contributed by atoms with Gasteiger partial charge in [-0.1, -0.05) is 26.0 Å². The lowest BCUT2D eigenvalue weighted by Crippen LogP contribution is -2.42. The monoisotopic (exact) mass is 297 g/mol. The number of benzene rings is 1. The normalized spacial score (nSPS) is 26.4. The van der Waals surface area contributed by atoms with E-state index in [1.165, 1.54) is 0 Å². The molecule has 1 aromatic rings. The summed E-state index contributed by atoms with van der Waals surface area (Å²) in [6, 6.07) is 6.60. The van der Waals surface area contributed by atoms with Gasteiger partial charge in [0.05, 0.1) is 11.0 Å². The van der Waals surface area contributed by atoms with Gasteiger partial charge in [-0.2, -0.15) is 4.31 Å². The summed E-state index contributed by atoms with van der Waals surface area (Å²) >= 11 is 0. The average Bonchev–Trinajstić information content (AvgIpc) is 2.42. The van der Waals surface area contributed by atoms with Crippen molar-refractivity contribution in [1.82, 2.24) is 4.31 Å². The van der Waals surface area contributed by atoms with E-state index in [-0.39, 0.29) is 4.90 Å². The van der Waals surface area contributed by atoms with Crippen molar-refractivity contribution in [3.63, 3.8) is 0 Å². The first kappa shape index (κ1) is 15.5. The molecule has 4 nitrogen and oxygen atoms in total. The lowest BCUT2D eigenvalue weighted by atomic mass is 9.90. The topological polar surface area (TPSA) is 57.6 Å². The molecule has 0 saturated carbocycles. The Morgan fingerprint density at radius 3 is 2.60 bits per heavy atom. The number of nitrogens with zero attached hydrogens (tertiary/aromatic N) is 1. The van der Waals surface area contributed by atoms with E-state index in [1.807, 2.05) is 0 Å². The van der Waals surface area contributed by atoms with E-state index in [0.29, 0.717) is 30.5 Å². The number of piperidine rings is 1. The van der Waals surface area contributed by atoms with Crippen LogP contribution in [0.25, 0.3) is 0 Å². The minimum atomic E-state index is -3.45. The van der Waals surface area contributed by atoms with Gasteiger partial charge in [-0.05, 0) is 42.9 Å². The van der Waals surface area contributed by atoms with Crippen molar-refractivity contribution in [2.24, 2.45) is 11.8 Å². The van der Waals surface area contributed by atoms with Crippen molar-refractivity contribution in [2.75, 3.05) is 13.1 Å². The highest BCUT2D eigenvalue weighted by molar-refractivity contribution is 7.89. The van der Waals surface area contributed by atoms with Gasteiger partial charge in [-0.3, -0.25) is 0 Å². The highest BCUT2D eigenvalue weighted by atomic mass is 32.2. The molecule has 0 spiro atoms. The van der Waals surface area contributed by atoms with Gasteiger partial charge in [0.25, 0.3) is 0 Å². The van der Waals surface area contributed by atoms with E-state index in [1.54, 1.807) is 35.5 Å². The maximum atomic E-state index is 12.7. The maximum absolute atomic E-state index is 12.7. The van der Waals surface area contributed by atoms with Crippen LogP contribution >= 0.6 is 0 Å². The molecule has 1 heterocycles. The van der Waals surface area contributed by atoms with Crippen LogP contribution in [-0.2, 0) is 10.0 Å². The summed E-state index contributed by atoms with van der Waals surface area (Å²) in [6.07, 6.45) is 0.238. The molecule has 3 unspecified atom stereocenters. The third-order valence-electron chi connectivity index (χ3n) is 4.28. The predicted molar refractivity (Wildman–Crippen MR) is 78.8 cm³/mol. The van der Waals surface area contributed by atoms with Crippen LogP contribution < -0.4 is 0 Å². The SMILES string of the molecule is CC(O)c1cccc(S(=O)(=O)N2CCC(C)C(C)C2)c1. The van der Waals surface area contributed by atoms with Gasteiger partial charge in [0, 0.05) is 13.1 Å². The molecule has 1 aromatic carbocycles. The Balaban J connectivity index is 2.28. The first-order chi connectivity index (χ1) is 9.32. The maximum Gasteiger partial charge on any atom is 0.243 e. The van der Waals surface area contributed by atoms with Crippen molar-refractivity contribution >= 4 is 10.0 Å². The van der Waals surface area contributed by atoms with E-state index < -0.39 is 16.1 Å². The molecule has 0 aliphatic carbocycles. The molecular weight excluding hydrogens is 274 g/mol. The van der Waals surface area contributed by atoms with Crippen LogP contribution in [0.3, 0.4) is 0 Å². The standard InChI is InChI=1S/C15H23NO3S/c1-11-7-8-16(10-12(11)2)20(18,19)15-6-4-5-14(9-15)13(3)17/h4-6,9,11-13,17H,7-8,10H2,1-3H3. The molecule has 1 saturated heterocycles. The quantitative estimate of drug-likeness (QED) is 0.932. The second-order valence-electron chi connectivity index (χ2n) is 5.85. The summed E-state index contributed by atoms with van der Waals surface area (Å²) in [4.78, 5) is 0.276. The summed E-state index contributed by atoms with van der Waals surface area (Å²) in [5.74, 6) is 0.934. The summed E-state index contributed by atoms with van der Waals surface area (Å²) in [5.41, 5.74) is 0.629. The number of hydrogen-bond donors (Lipinski definition) is 1. The number of sulfonamides is 1. The number of aliphatic hydroxyl groups is 1. The van der Waals surface area contributed by atoms with E-state index in [0.717, 1.165) is 6.42 Å². The zero-order chi connectivity index (χ0) is 14.9. The molecule has 0 aromatic heterocycles. The first-order valence-electron chi connectivity index (χ1n) is 7.10. The van der Waals surface area contributed by atoms with Crippen LogP contribution in [-0.4, -0.2) is 30.9 Å². The molecule has 1 fully saturated rings. The van der Waals surface area contributed by atoms with Gasteiger partial charge < -0.3 is 5.11 Å². The molecule has 112 valence electrons. The largest absolute Gasteiger partial charge is 0.389 e. The fraction of sp³-hybridized carbons (Fsp3) is 0.600. The van der Waals surface area contributed by atoms with Crippen LogP contribution in [0, 0.1) is 11.8 Å². The zero-order valence-electron chi connectivity index (χ0n) is 12.3. The Morgan fingerprint density at radius 1 is 1.30 bits per heavy atom. The summed E-state index contributed by atoms with van der Waals surface area (Å²) in [5, 5.41) is 9.59. The first-order valence-corrected chi connectivity index (χ1v) is 8.54. The Labute approximate surface area is 121 Å². The van der Waals surface area contributed by atoms with Crippen LogP contribution in [0.1, 0.15) is 38.9 Å². The Morgan fingerprint density at radius 2 is 2.00 bits per heavy atom. The van der Waals surface area contributed by atoms with Crippen molar-refractivity contribution in [3.05, 3.63) is 29.8 Å². The average molecular weight is 297 g/mol. The Bertz CT molecular complexity index is 568. The second kappa shape index (κ2) is 5.84. The third kappa shape index (κ3) is 3.05. The highest BCUT2D eigenvalue weighted by Gasteiger charge is 2.31. The Kier molecular flexibility index (Phi) is 4.52. The van der Waals surface area contributed by atoms with Crippen molar-refractivity contribution < 1.29 is 13.5 Å². The van der Waals surface area contributed by atoms with Crippen molar-refractivity contribution in [3.8, 4) is 0 Å². The molecule has 20 heavy (non-hydrogen) atoms. The van der Waals surface area contributed by atoms with Crippen LogP contribution in [0.15, 0.2) is 29.2 Å². The van der Waals surface area contributed by atoms with E-state index in [4.69, 9.17) is 0 Å². The fourth-order valence-corrected chi connectivity index (χ4v) is 4.14. The van der Waals surface area contributed by atoms with Gasteiger partial charge in [0.1, 0.15) is 0 Å². The predicted octanol–water partition coefficient (Wildman–Crippen LogP) is 2.41. The van der Waals surface area contributed by atoms with Gasteiger partial charge in [-0.15, -0.1) is 0 Å². The fourth-order valence-electron chi connectivity index (χ4n) is 2.53. The van der Waals surface area contributed by atoms with Crippen LogP contribution in [0.5, 0.6) is 0 Å². The van der Waals surface area contributed by atoms with Gasteiger partial charge in [-0.25, -0.2) is 8.42 Å².